The summed E-state index contributed by atoms with van der Waals surface area (Å²) in [7, 11) is 0. The first kappa shape index (κ1) is 12.8. The number of rotatable bonds is 5. The number of amides is 1. The SMILES string of the molecule is CCC(CC)C(=O)NC(C)c1ccc(C)o1. The molecule has 0 saturated carbocycles. The molecule has 0 saturated heterocycles. The van der Waals surface area contributed by atoms with E-state index >= 15 is 0 Å². The predicted molar refractivity (Wildman–Crippen MR) is 64.1 cm³/mol. The van der Waals surface area contributed by atoms with Crippen molar-refractivity contribution in [3.63, 3.8) is 0 Å². The molecule has 0 aliphatic carbocycles. The van der Waals surface area contributed by atoms with E-state index in [1.165, 1.54) is 0 Å². The Morgan fingerprint density at radius 2 is 2.00 bits per heavy atom. The van der Waals surface area contributed by atoms with Crippen LogP contribution in [-0.4, -0.2) is 5.91 Å². The van der Waals surface area contributed by atoms with Crippen LogP contribution >= 0.6 is 0 Å². The minimum absolute atomic E-state index is 0.0539. The summed E-state index contributed by atoms with van der Waals surface area (Å²) < 4.78 is 5.48. The Morgan fingerprint density at radius 3 is 2.44 bits per heavy atom. The predicted octanol–water partition coefficient (Wildman–Crippen LogP) is 3.20. The number of carbonyl (C=O) groups excluding carboxylic acids is 1. The summed E-state index contributed by atoms with van der Waals surface area (Å²) in [6.07, 6.45) is 1.76. The second-order valence-electron chi connectivity index (χ2n) is 4.19. The van der Waals surface area contributed by atoms with Crippen LogP contribution in [0.15, 0.2) is 16.5 Å². The molecule has 16 heavy (non-hydrogen) atoms. The molecule has 1 heterocycles. The van der Waals surface area contributed by atoms with Crippen LogP contribution in [0.4, 0.5) is 0 Å². The molecule has 3 heteroatoms. The van der Waals surface area contributed by atoms with Crippen LogP contribution in [0.2, 0.25) is 0 Å². The van der Waals surface area contributed by atoms with Gasteiger partial charge in [-0.05, 0) is 38.8 Å². The molecule has 1 aromatic heterocycles. The van der Waals surface area contributed by atoms with E-state index in [2.05, 4.69) is 5.32 Å². The van der Waals surface area contributed by atoms with Gasteiger partial charge in [0.25, 0.3) is 0 Å². The van der Waals surface area contributed by atoms with Crippen molar-refractivity contribution in [2.24, 2.45) is 5.92 Å². The van der Waals surface area contributed by atoms with Gasteiger partial charge < -0.3 is 9.73 Å². The van der Waals surface area contributed by atoms with Gasteiger partial charge in [0.15, 0.2) is 0 Å². The Hall–Kier alpha value is -1.25. The van der Waals surface area contributed by atoms with Gasteiger partial charge in [-0.25, -0.2) is 0 Å². The van der Waals surface area contributed by atoms with E-state index in [4.69, 9.17) is 4.42 Å². The van der Waals surface area contributed by atoms with Gasteiger partial charge in [-0.2, -0.15) is 0 Å². The highest BCUT2D eigenvalue weighted by Gasteiger charge is 2.18. The molecule has 1 aromatic rings. The van der Waals surface area contributed by atoms with Gasteiger partial charge in [-0.3, -0.25) is 4.79 Å². The van der Waals surface area contributed by atoms with Crippen molar-refractivity contribution in [3.8, 4) is 0 Å². The van der Waals surface area contributed by atoms with E-state index in [0.717, 1.165) is 24.4 Å². The molecule has 0 aliphatic heterocycles. The maximum Gasteiger partial charge on any atom is 0.223 e. The average molecular weight is 223 g/mol. The fraction of sp³-hybridized carbons (Fsp3) is 0.615. The minimum atomic E-state index is -0.0539. The molecule has 1 rings (SSSR count). The molecule has 3 nitrogen and oxygen atoms in total. The molecule has 1 amide bonds. The quantitative estimate of drug-likeness (QED) is 0.833. The fourth-order valence-electron chi connectivity index (χ4n) is 1.75. The number of carbonyl (C=O) groups is 1. The van der Waals surface area contributed by atoms with Gasteiger partial charge in [-0.15, -0.1) is 0 Å². The lowest BCUT2D eigenvalue weighted by molar-refractivity contribution is -0.126. The Bertz CT molecular complexity index is 339. The average Bonchev–Trinajstić information content (AvgIpc) is 2.66. The van der Waals surface area contributed by atoms with Gasteiger partial charge in [0, 0.05) is 5.92 Å². The monoisotopic (exact) mass is 223 g/mol. The zero-order valence-electron chi connectivity index (χ0n) is 10.5. The summed E-state index contributed by atoms with van der Waals surface area (Å²) >= 11 is 0. The third-order valence-electron chi connectivity index (χ3n) is 2.90. The van der Waals surface area contributed by atoms with E-state index in [0.29, 0.717) is 0 Å². The fourth-order valence-corrected chi connectivity index (χ4v) is 1.75. The van der Waals surface area contributed by atoms with Crippen LogP contribution in [0.25, 0.3) is 0 Å². The first-order chi connectivity index (χ1) is 7.58. The van der Waals surface area contributed by atoms with Crippen LogP contribution in [-0.2, 0) is 4.79 Å². The maximum atomic E-state index is 11.8. The van der Waals surface area contributed by atoms with Crippen LogP contribution < -0.4 is 5.32 Å². The van der Waals surface area contributed by atoms with E-state index in [1.807, 2.05) is 39.8 Å². The number of furan rings is 1. The Labute approximate surface area is 97.2 Å². The van der Waals surface area contributed by atoms with E-state index in [9.17, 15) is 4.79 Å². The van der Waals surface area contributed by atoms with Crippen LogP contribution in [0.1, 0.15) is 51.2 Å². The number of nitrogens with one attached hydrogen (secondary N) is 1. The summed E-state index contributed by atoms with van der Waals surface area (Å²) in [6.45, 7) is 7.92. The smallest absolute Gasteiger partial charge is 0.223 e. The topological polar surface area (TPSA) is 42.2 Å². The summed E-state index contributed by atoms with van der Waals surface area (Å²) in [5, 5.41) is 2.98. The van der Waals surface area contributed by atoms with Crippen molar-refractivity contribution < 1.29 is 9.21 Å². The highest BCUT2D eigenvalue weighted by Crippen LogP contribution is 2.17. The largest absolute Gasteiger partial charge is 0.464 e. The van der Waals surface area contributed by atoms with Gasteiger partial charge in [0.05, 0.1) is 6.04 Å². The molecule has 0 bridgehead atoms. The first-order valence-electron chi connectivity index (χ1n) is 5.95. The van der Waals surface area contributed by atoms with Gasteiger partial charge >= 0.3 is 0 Å². The summed E-state index contributed by atoms with van der Waals surface area (Å²) in [5.74, 6) is 1.92. The van der Waals surface area contributed by atoms with Crippen molar-refractivity contribution in [2.45, 2.75) is 46.6 Å². The second kappa shape index (κ2) is 5.73. The molecule has 0 spiro atoms. The van der Waals surface area contributed by atoms with Gasteiger partial charge in [0.1, 0.15) is 11.5 Å². The molecular weight excluding hydrogens is 202 g/mol. The van der Waals surface area contributed by atoms with Crippen molar-refractivity contribution in [1.29, 1.82) is 0 Å². The molecule has 1 unspecified atom stereocenters. The molecule has 0 aliphatic rings. The molecule has 1 atom stereocenters. The van der Waals surface area contributed by atoms with Crippen LogP contribution in [0.5, 0.6) is 0 Å². The molecule has 0 aromatic carbocycles. The summed E-state index contributed by atoms with van der Waals surface area (Å²) in [5.41, 5.74) is 0. The van der Waals surface area contributed by atoms with Crippen LogP contribution in [0.3, 0.4) is 0 Å². The lowest BCUT2D eigenvalue weighted by atomic mass is 10.0. The zero-order valence-corrected chi connectivity index (χ0v) is 10.5. The maximum absolute atomic E-state index is 11.8. The molecular formula is C13H21NO2. The third kappa shape index (κ3) is 3.12. The Balaban J connectivity index is 2.57. The summed E-state index contributed by atoms with van der Waals surface area (Å²) in [4.78, 5) is 11.8. The zero-order chi connectivity index (χ0) is 12.1. The molecule has 90 valence electrons. The lowest BCUT2D eigenvalue weighted by Gasteiger charge is -2.16. The number of hydrogen-bond donors (Lipinski definition) is 1. The highest BCUT2D eigenvalue weighted by molar-refractivity contribution is 5.78. The highest BCUT2D eigenvalue weighted by atomic mass is 16.3. The molecule has 0 radical (unpaired) electrons. The lowest BCUT2D eigenvalue weighted by Crippen LogP contribution is -2.32. The van der Waals surface area contributed by atoms with Gasteiger partial charge in [-0.1, -0.05) is 13.8 Å². The molecule has 0 fully saturated rings. The van der Waals surface area contributed by atoms with E-state index < -0.39 is 0 Å². The van der Waals surface area contributed by atoms with Crippen LogP contribution in [0, 0.1) is 12.8 Å². The minimum Gasteiger partial charge on any atom is -0.464 e. The summed E-state index contributed by atoms with van der Waals surface area (Å²) in [6, 6.07) is 3.77. The first-order valence-corrected chi connectivity index (χ1v) is 5.95. The van der Waals surface area contributed by atoms with Crippen molar-refractivity contribution >= 4 is 5.91 Å². The van der Waals surface area contributed by atoms with Crippen molar-refractivity contribution in [3.05, 3.63) is 23.7 Å². The number of hydrogen-bond acceptors (Lipinski definition) is 2. The van der Waals surface area contributed by atoms with Gasteiger partial charge in [0.2, 0.25) is 5.91 Å². The molecule has 1 N–H and O–H groups in total. The van der Waals surface area contributed by atoms with Crippen molar-refractivity contribution in [2.75, 3.05) is 0 Å². The van der Waals surface area contributed by atoms with Crippen molar-refractivity contribution in [1.82, 2.24) is 5.32 Å². The number of aryl methyl sites for hydroxylation is 1. The third-order valence-corrected chi connectivity index (χ3v) is 2.90. The van der Waals surface area contributed by atoms with E-state index in [-0.39, 0.29) is 17.9 Å². The standard InChI is InChI=1S/C13H21NO2/c1-5-11(6-2)13(15)14-10(4)12-8-7-9(3)16-12/h7-8,10-11H,5-6H2,1-4H3,(H,14,15). The Kier molecular flexibility index (Phi) is 4.59. The normalized spacial score (nSPS) is 12.8. The second-order valence-corrected chi connectivity index (χ2v) is 4.19. The van der Waals surface area contributed by atoms with E-state index in [1.54, 1.807) is 0 Å². The Morgan fingerprint density at radius 1 is 1.38 bits per heavy atom.